The molecule has 0 bridgehead atoms. The van der Waals surface area contributed by atoms with Gasteiger partial charge in [0.05, 0.1) is 23.1 Å². The number of hydrogen-bond donors (Lipinski definition) is 1. The van der Waals surface area contributed by atoms with Crippen LogP contribution in [0.15, 0.2) is 77.5 Å². The van der Waals surface area contributed by atoms with E-state index in [2.05, 4.69) is 20.7 Å². The zero-order valence-corrected chi connectivity index (χ0v) is 18.4. The minimum atomic E-state index is -0.0868. The van der Waals surface area contributed by atoms with Crippen molar-refractivity contribution in [2.75, 3.05) is 0 Å². The Kier molecular flexibility index (Phi) is 6.30. The second-order valence-electron chi connectivity index (χ2n) is 6.93. The molecule has 4 rings (SSSR count). The second-order valence-corrected chi connectivity index (χ2v) is 9.04. The van der Waals surface area contributed by atoms with Crippen LogP contribution in [-0.2, 0) is 5.75 Å². The van der Waals surface area contributed by atoms with Gasteiger partial charge in [-0.1, -0.05) is 12.1 Å². The molecule has 0 radical (unpaired) electrons. The number of carbonyl (C=O) groups excluding carboxylic acids is 1. The van der Waals surface area contributed by atoms with E-state index in [1.165, 1.54) is 0 Å². The van der Waals surface area contributed by atoms with Crippen LogP contribution in [0.4, 0.5) is 0 Å². The summed E-state index contributed by atoms with van der Waals surface area (Å²) in [4.78, 5) is 22.3. The molecule has 5 nitrogen and oxygen atoms in total. The lowest BCUT2D eigenvalue weighted by atomic mass is 10.1. The van der Waals surface area contributed by atoms with E-state index in [-0.39, 0.29) is 11.9 Å². The fourth-order valence-electron chi connectivity index (χ4n) is 3.04. The van der Waals surface area contributed by atoms with Crippen molar-refractivity contribution >= 4 is 29.0 Å². The van der Waals surface area contributed by atoms with Crippen molar-refractivity contribution in [2.45, 2.75) is 30.5 Å². The molecule has 0 aliphatic carbocycles. The standard InChI is InChI=1S/C23H22N4OS2/c1-16(18-3-7-21(8-4-18)27-12-11-24-15-27)25-23(28)19-5-9-22(10-6-19)30-14-20-13-29-17(2)26-20/h3-13,15-16H,14H2,1-2H3,(H,25,28)/t16-/m1/s1. The normalized spacial score (nSPS) is 11.9. The highest BCUT2D eigenvalue weighted by Crippen LogP contribution is 2.24. The van der Waals surface area contributed by atoms with Gasteiger partial charge in [-0.15, -0.1) is 23.1 Å². The molecule has 0 spiro atoms. The van der Waals surface area contributed by atoms with E-state index < -0.39 is 0 Å². The van der Waals surface area contributed by atoms with Crippen molar-refractivity contribution in [1.29, 1.82) is 0 Å². The maximum atomic E-state index is 12.6. The van der Waals surface area contributed by atoms with Crippen molar-refractivity contribution in [3.05, 3.63) is 94.5 Å². The predicted octanol–water partition coefficient (Wildman–Crippen LogP) is 5.42. The number of thioether (sulfide) groups is 1. The first kappa shape index (κ1) is 20.4. The van der Waals surface area contributed by atoms with Gasteiger partial charge < -0.3 is 9.88 Å². The Hall–Kier alpha value is -2.90. The van der Waals surface area contributed by atoms with E-state index >= 15 is 0 Å². The Morgan fingerprint density at radius 3 is 2.57 bits per heavy atom. The number of carbonyl (C=O) groups is 1. The van der Waals surface area contributed by atoms with Gasteiger partial charge >= 0.3 is 0 Å². The van der Waals surface area contributed by atoms with E-state index in [0.29, 0.717) is 5.56 Å². The van der Waals surface area contributed by atoms with Crippen molar-refractivity contribution in [3.8, 4) is 5.69 Å². The van der Waals surface area contributed by atoms with Crippen LogP contribution in [0.1, 0.15) is 39.6 Å². The number of imidazole rings is 1. The molecule has 2 heterocycles. The summed E-state index contributed by atoms with van der Waals surface area (Å²) in [6.45, 7) is 4.01. The molecule has 2 aromatic carbocycles. The third-order valence-electron chi connectivity index (χ3n) is 4.71. The topological polar surface area (TPSA) is 59.8 Å². The van der Waals surface area contributed by atoms with Crippen LogP contribution < -0.4 is 5.32 Å². The Morgan fingerprint density at radius 2 is 1.93 bits per heavy atom. The van der Waals surface area contributed by atoms with E-state index in [0.717, 1.165) is 32.6 Å². The van der Waals surface area contributed by atoms with Crippen molar-refractivity contribution in [1.82, 2.24) is 19.9 Å². The summed E-state index contributed by atoms with van der Waals surface area (Å²) in [5.74, 6) is 0.759. The smallest absolute Gasteiger partial charge is 0.251 e. The fourth-order valence-corrected chi connectivity index (χ4v) is 4.55. The third kappa shape index (κ3) is 4.98. The quantitative estimate of drug-likeness (QED) is 0.395. The van der Waals surface area contributed by atoms with Crippen LogP contribution in [0.2, 0.25) is 0 Å². The lowest BCUT2D eigenvalue weighted by Crippen LogP contribution is -2.26. The number of nitrogens with one attached hydrogen (secondary N) is 1. The molecule has 152 valence electrons. The van der Waals surface area contributed by atoms with Crippen LogP contribution in [-0.4, -0.2) is 20.4 Å². The van der Waals surface area contributed by atoms with Crippen LogP contribution >= 0.6 is 23.1 Å². The summed E-state index contributed by atoms with van der Waals surface area (Å²) < 4.78 is 1.95. The van der Waals surface area contributed by atoms with Gasteiger partial charge in [-0.05, 0) is 55.8 Å². The number of amides is 1. The molecule has 30 heavy (non-hydrogen) atoms. The molecule has 0 aliphatic rings. The number of aryl methyl sites for hydroxylation is 1. The van der Waals surface area contributed by atoms with Gasteiger partial charge in [0.1, 0.15) is 0 Å². The maximum Gasteiger partial charge on any atom is 0.251 e. The SMILES string of the molecule is Cc1nc(CSc2ccc(C(=O)N[C@H](C)c3ccc(-n4ccnc4)cc3)cc2)cs1. The van der Waals surface area contributed by atoms with Crippen molar-refractivity contribution < 1.29 is 4.79 Å². The Labute approximate surface area is 184 Å². The molecule has 4 aromatic rings. The lowest BCUT2D eigenvalue weighted by Gasteiger charge is -2.15. The summed E-state index contributed by atoms with van der Waals surface area (Å²) in [6, 6.07) is 15.7. The highest BCUT2D eigenvalue weighted by Gasteiger charge is 2.12. The molecular weight excluding hydrogens is 412 g/mol. The van der Waals surface area contributed by atoms with E-state index in [9.17, 15) is 4.79 Å². The minimum Gasteiger partial charge on any atom is -0.346 e. The molecule has 0 fully saturated rings. The van der Waals surface area contributed by atoms with Gasteiger partial charge in [0, 0.05) is 39.7 Å². The Morgan fingerprint density at radius 1 is 1.17 bits per heavy atom. The van der Waals surface area contributed by atoms with Crippen LogP contribution in [0.3, 0.4) is 0 Å². The van der Waals surface area contributed by atoms with Gasteiger partial charge in [0.25, 0.3) is 5.91 Å². The lowest BCUT2D eigenvalue weighted by molar-refractivity contribution is 0.0940. The largest absolute Gasteiger partial charge is 0.346 e. The molecule has 0 unspecified atom stereocenters. The number of nitrogens with zero attached hydrogens (tertiary/aromatic N) is 3. The number of rotatable bonds is 7. The van der Waals surface area contributed by atoms with Crippen molar-refractivity contribution in [2.24, 2.45) is 0 Å². The highest BCUT2D eigenvalue weighted by atomic mass is 32.2. The first-order chi connectivity index (χ1) is 14.6. The summed E-state index contributed by atoms with van der Waals surface area (Å²) in [5.41, 5.74) is 3.84. The molecule has 7 heteroatoms. The monoisotopic (exact) mass is 434 g/mol. The molecule has 1 amide bonds. The number of aromatic nitrogens is 3. The van der Waals surface area contributed by atoms with E-state index in [1.807, 2.05) is 73.1 Å². The van der Waals surface area contributed by atoms with Crippen molar-refractivity contribution in [3.63, 3.8) is 0 Å². The molecule has 1 N–H and O–H groups in total. The Balaban J connectivity index is 1.33. The molecular formula is C23H22N4OS2. The van der Waals surface area contributed by atoms with Gasteiger partial charge in [-0.25, -0.2) is 9.97 Å². The average molecular weight is 435 g/mol. The van der Waals surface area contributed by atoms with Gasteiger partial charge in [-0.2, -0.15) is 0 Å². The van der Waals surface area contributed by atoms with Gasteiger partial charge in [-0.3, -0.25) is 4.79 Å². The number of hydrogen-bond acceptors (Lipinski definition) is 5. The zero-order chi connectivity index (χ0) is 20.9. The third-order valence-corrected chi connectivity index (χ3v) is 6.58. The predicted molar refractivity (Wildman–Crippen MR) is 122 cm³/mol. The molecule has 1 atom stereocenters. The minimum absolute atomic E-state index is 0.0761. The van der Waals surface area contributed by atoms with Gasteiger partial charge in [0.2, 0.25) is 0 Å². The fraction of sp³-hybridized carbons (Fsp3) is 0.174. The van der Waals surface area contributed by atoms with Crippen LogP contribution in [0.5, 0.6) is 0 Å². The van der Waals surface area contributed by atoms with Gasteiger partial charge in [0.15, 0.2) is 0 Å². The average Bonchev–Trinajstić information content (AvgIpc) is 3.44. The van der Waals surface area contributed by atoms with E-state index in [1.54, 1.807) is 35.6 Å². The van der Waals surface area contributed by atoms with Crippen LogP contribution in [0.25, 0.3) is 5.69 Å². The summed E-state index contributed by atoms with van der Waals surface area (Å²) in [6.07, 6.45) is 5.42. The first-order valence-electron chi connectivity index (χ1n) is 9.61. The number of benzene rings is 2. The summed E-state index contributed by atoms with van der Waals surface area (Å²) in [5, 5.41) is 6.25. The summed E-state index contributed by atoms with van der Waals surface area (Å²) >= 11 is 3.39. The molecule has 0 saturated carbocycles. The highest BCUT2D eigenvalue weighted by molar-refractivity contribution is 7.98. The molecule has 0 saturated heterocycles. The van der Waals surface area contributed by atoms with E-state index in [4.69, 9.17) is 0 Å². The second kappa shape index (κ2) is 9.28. The zero-order valence-electron chi connectivity index (χ0n) is 16.8. The summed E-state index contributed by atoms with van der Waals surface area (Å²) in [7, 11) is 0. The van der Waals surface area contributed by atoms with Crippen LogP contribution in [0, 0.1) is 6.92 Å². The molecule has 2 aromatic heterocycles. The molecule has 0 aliphatic heterocycles. The maximum absolute atomic E-state index is 12.6. The Bertz CT molecular complexity index is 1100. The number of thiazole rings is 1. The first-order valence-corrected chi connectivity index (χ1v) is 11.5.